The summed E-state index contributed by atoms with van der Waals surface area (Å²) in [6.45, 7) is 5.58. The van der Waals surface area contributed by atoms with E-state index in [0.717, 1.165) is 5.56 Å². The monoisotopic (exact) mass is 514 g/mol. The highest BCUT2D eigenvalue weighted by atomic mass is 32.2. The minimum atomic E-state index is -3.02. The normalized spacial score (nSPS) is 22.7. The predicted molar refractivity (Wildman–Crippen MR) is 134 cm³/mol. The van der Waals surface area contributed by atoms with E-state index in [9.17, 15) is 22.4 Å². The Morgan fingerprint density at radius 1 is 1.08 bits per heavy atom. The fourth-order valence-electron chi connectivity index (χ4n) is 4.94. The van der Waals surface area contributed by atoms with Crippen LogP contribution in [-0.2, 0) is 20.0 Å². The van der Waals surface area contributed by atoms with E-state index < -0.39 is 20.9 Å². The molecule has 0 N–H and O–H groups in total. The summed E-state index contributed by atoms with van der Waals surface area (Å²) in [4.78, 5) is 32.6. The van der Waals surface area contributed by atoms with Crippen molar-refractivity contribution in [1.82, 2.24) is 4.98 Å². The molecule has 1 saturated heterocycles. The molecule has 36 heavy (non-hydrogen) atoms. The molecule has 3 heterocycles. The van der Waals surface area contributed by atoms with Gasteiger partial charge in [-0.25, -0.2) is 17.8 Å². The van der Waals surface area contributed by atoms with Crippen LogP contribution in [0.5, 0.6) is 5.75 Å². The Kier molecular flexibility index (Phi) is 5.78. The van der Waals surface area contributed by atoms with Crippen molar-refractivity contribution in [3.8, 4) is 5.75 Å². The molecule has 5 rings (SSSR count). The molecular formula is C27H31FN2O5S. The number of pyridine rings is 1. The van der Waals surface area contributed by atoms with Gasteiger partial charge in [0.1, 0.15) is 33.7 Å². The molecule has 0 bridgehead atoms. The van der Waals surface area contributed by atoms with Crippen molar-refractivity contribution in [1.29, 1.82) is 0 Å². The maximum atomic E-state index is 14.0. The highest BCUT2D eigenvalue weighted by Crippen LogP contribution is 2.46. The number of anilines is 2. The number of fused-ring (bicyclic) bond motifs is 1. The molecular weight excluding hydrogens is 483 g/mol. The van der Waals surface area contributed by atoms with Gasteiger partial charge < -0.3 is 4.74 Å². The van der Waals surface area contributed by atoms with Crippen LogP contribution < -0.4 is 9.64 Å². The van der Waals surface area contributed by atoms with Gasteiger partial charge in [0.25, 0.3) is 0 Å². The standard InChI is InChI=1S/C27H31FN2O5S/c1-25(2)20-14-18(22(31)16-26(3)9-12-36(33,34)13-10-26)4-5-21(20)30(24(25)32)23-15-19(6-11-29-23)35-17-27(28)7-8-27/h4-6,11,14-15H,7-10,12-13,16-17H2,1-3H3. The summed E-state index contributed by atoms with van der Waals surface area (Å²) in [5, 5.41) is 0. The van der Waals surface area contributed by atoms with Crippen molar-refractivity contribution in [2.45, 2.75) is 64.0 Å². The summed E-state index contributed by atoms with van der Waals surface area (Å²) in [5.41, 5.74) is -0.623. The van der Waals surface area contributed by atoms with Gasteiger partial charge in [0.2, 0.25) is 5.91 Å². The number of alkyl halides is 1. The summed E-state index contributed by atoms with van der Waals surface area (Å²) >= 11 is 0. The number of amides is 1. The average Bonchev–Trinajstić information content (AvgIpc) is 3.53. The van der Waals surface area contributed by atoms with Crippen molar-refractivity contribution in [2.24, 2.45) is 5.41 Å². The van der Waals surface area contributed by atoms with E-state index in [-0.39, 0.29) is 41.6 Å². The molecule has 0 radical (unpaired) electrons. The first-order chi connectivity index (χ1) is 16.8. The number of carbonyl (C=O) groups is 2. The number of hydrogen-bond acceptors (Lipinski definition) is 6. The van der Waals surface area contributed by atoms with Crippen molar-refractivity contribution in [3.05, 3.63) is 47.7 Å². The van der Waals surface area contributed by atoms with Gasteiger partial charge in [0.05, 0.1) is 22.6 Å². The third-order valence-corrected chi connectivity index (χ3v) is 9.48. The van der Waals surface area contributed by atoms with Crippen LogP contribution in [-0.4, -0.2) is 48.9 Å². The van der Waals surface area contributed by atoms with Crippen molar-refractivity contribution in [2.75, 3.05) is 23.0 Å². The smallest absolute Gasteiger partial charge is 0.242 e. The zero-order valence-corrected chi connectivity index (χ0v) is 21.7. The van der Waals surface area contributed by atoms with E-state index in [1.54, 1.807) is 30.3 Å². The lowest BCUT2D eigenvalue weighted by atomic mass is 9.78. The molecule has 7 nitrogen and oxygen atoms in total. The Morgan fingerprint density at radius 2 is 1.78 bits per heavy atom. The molecule has 1 amide bonds. The Bertz CT molecular complexity index is 1340. The van der Waals surface area contributed by atoms with Crippen LogP contribution in [0.2, 0.25) is 0 Å². The average molecular weight is 515 g/mol. The lowest BCUT2D eigenvalue weighted by Gasteiger charge is -2.32. The minimum absolute atomic E-state index is 0.0250. The van der Waals surface area contributed by atoms with Gasteiger partial charge in [-0.2, -0.15) is 0 Å². The maximum absolute atomic E-state index is 14.0. The summed E-state index contributed by atoms with van der Waals surface area (Å²) in [6, 6.07) is 8.52. The molecule has 0 spiro atoms. The van der Waals surface area contributed by atoms with Gasteiger partial charge in [-0.05, 0) is 74.8 Å². The van der Waals surface area contributed by atoms with Gasteiger partial charge in [0, 0.05) is 24.2 Å². The topological polar surface area (TPSA) is 93.6 Å². The lowest BCUT2D eigenvalue weighted by molar-refractivity contribution is -0.121. The van der Waals surface area contributed by atoms with Crippen LogP contribution in [0.3, 0.4) is 0 Å². The highest BCUT2D eigenvalue weighted by molar-refractivity contribution is 7.91. The van der Waals surface area contributed by atoms with Crippen LogP contribution in [0.1, 0.15) is 68.8 Å². The molecule has 192 valence electrons. The molecule has 0 unspecified atom stereocenters. The fourth-order valence-corrected chi connectivity index (χ4v) is 6.75. The van der Waals surface area contributed by atoms with Crippen LogP contribution in [0.4, 0.5) is 15.9 Å². The summed E-state index contributed by atoms with van der Waals surface area (Å²) in [7, 11) is -3.02. The molecule has 9 heteroatoms. The van der Waals surface area contributed by atoms with E-state index in [2.05, 4.69) is 4.98 Å². The number of sulfone groups is 1. The second-order valence-corrected chi connectivity index (χ2v) is 13.7. The van der Waals surface area contributed by atoms with Gasteiger partial charge in [-0.3, -0.25) is 14.5 Å². The second-order valence-electron chi connectivity index (χ2n) is 11.3. The molecule has 1 aromatic carbocycles. The lowest BCUT2D eigenvalue weighted by Crippen LogP contribution is -2.33. The molecule has 1 aliphatic carbocycles. The number of Topliss-reactive ketones (excluding diaryl/α,β-unsaturated/α-hetero) is 1. The zero-order chi connectivity index (χ0) is 25.9. The van der Waals surface area contributed by atoms with Crippen molar-refractivity contribution >= 4 is 33.0 Å². The second kappa shape index (κ2) is 8.36. The van der Waals surface area contributed by atoms with Gasteiger partial charge in [-0.1, -0.05) is 6.92 Å². The Morgan fingerprint density at radius 3 is 2.44 bits per heavy atom. The fraction of sp³-hybridized carbons (Fsp3) is 0.519. The number of carbonyl (C=O) groups excluding carboxylic acids is 2. The first-order valence-electron chi connectivity index (χ1n) is 12.3. The molecule has 2 aliphatic heterocycles. The summed E-state index contributed by atoms with van der Waals surface area (Å²) < 4.78 is 43.3. The quantitative estimate of drug-likeness (QED) is 0.497. The van der Waals surface area contributed by atoms with Crippen molar-refractivity contribution in [3.63, 3.8) is 0 Å². The largest absolute Gasteiger partial charge is 0.490 e. The number of rotatable bonds is 7. The highest BCUT2D eigenvalue weighted by Gasteiger charge is 2.46. The number of benzene rings is 1. The first-order valence-corrected chi connectivity index (χ1v) is 14.1. The molecule has 2 fully saturated rings. The number of nitrogens with zero attached hydrogens (tertiary/aromatic N) is 2. The van der Waals surface area contributed by atoms with E-state index in [4.69, 9.17) is 4.74 Å². The van der Waals surface area contributed by atoms with Crippen LogP contribution in [0.25, 0.3) is 0 Å². The molecule has 1 aromatic heterocycles. The van der Waals surface area contributed by atoms with Gasteiger partial charge >= 0.3 is 0 Å². The zero-order valence-electron chi connectivity index (χ0n) is 20.8. The van der Waals surface area contributed by atoms with E-state index in [1.807, 2.05) is 20.8 Å². The Hall–Kier alpha value is -2.81. The Labute approximate surface area is 211 Å². The third-order valence-electron chi connectivity index (χ3n) is 7.83. The summed E-state index contributed by atoms with van der Waals surface area (Å²) in [6.07, 6.45) is 3.72. The molecule has 0 atom stereocenters. The number of ether oxygens (including phenoxy) is 1. The van der Waals surface area contributed by atoms with E-state index >= 15 is 0 Å². The summed E-state index contributed by atoms with van der Waals surface area (Å²) in [5.74, 6) is 0.801. The van der Waals surface area contributed by atoms with E-state index in [0.29, 0.717) is 48.5 Å². The van der Waals surface area contributed by atoms with Crippen LogP contribution >= 0.6 is 0 Å². The number of hydrogen-bond donors (Lipinski definition) is 0. The number of ketones is 1. The van der Waals surface area contributed by atoms with Crippen molar-refractivity contribution < 1.29 is 27.1 Å². The number of halogens is 1. The Balaban J connectivity index is 1.39. The number of aromatic nitrogens is 1. The van der Waals surface area contributed by atoms with Crippen LogP contribution in [0.15, 0.2) is 36.5 Å². The van der Waals surface area contributed by atoms with E-state index in [1.165, 1.54) is 11.1 Å². The first kappa shape index (κ1) is 24.9. The molecule has 2 aromatic rings. The predicted octanol–water partition coefficient (Wildman–Crippen LogP) is 4.71. The SMILES string of the molecule is CC1(CC(=O)c2ccc3c(c2)C(C)(C)C(=O)N3c2cc(OCC3(F)CC3)ccn2)CCS(=O)(=O)CC1. The minimum Gasteiger partial charge on any atom is -0.490 e. The molecule has 1 saturated carbocycles. The van der Waals surface area contributed by atoms with Gasteiger partial charge in [-0.15, -0.1) is 0 Å². The third kappa shape index (κ3) is 4.65. The van der Waals surface area contributed by atoms with Crippen LogP contribution in [0, 0.1) is 5.41 Å². The molecule has 3 aliphatic rings. The van der Waals surface area contributed by atoms with Gasteiger partial charge in [0.15, 0.2) is 5.78 Å². The maximum Gasteiger partial charge on any atom is 0.242 e.